The fourth-order valence-electron chi connectivity index (χ4n) is 1.38. The average molecular weight is 265 g/mol. The highest BCUT2D eigenvalue weighted by atomic mass is 35.5. The first kappa shape index (κ1) is 17.9. The van der Waals surface area contributed by atoms with E-state index in [-0.39, 0.29) is 24.8 Å². The lowest BCUT2D eigenvalue weighted by Gasteiger charge is -2.13. The highest BCUT2D eigenvalue weighted by molar-refractivity contribution is 5.85. The molecular formula is C12H22Cl2N2. The van der Waals surface area contributed by atoms with Crippen molar-refractivity contribution in [2.24, 2.45) is 5.73 Å². The summed E-state index contributed by atoms with van der Waals surface area (Å²) in [5.41, 5.74) is 8.45. The molecule has 0 saturated carbocycles. The van der Waals surface area contributed by atoms with Gasteiger partial charge < -0.3 is 10.6 Å². The Bertz CT molecular complexity index is 273. The number of nitrogens with two attached hydrogens (primary N) is 1. The van der Waals surface area contributed by atoms with E-state index in [4.69, 9.17) is 5.73 Å². The van der Waals surface area contributed by atoms with E-state index in [1.54, 1.807) is 0 Å². The molecule has 0 radical (unpaired) electrons. The molecule has 4 heteroatoms. The highest BCUT2D eigenvalue weighted by Crippen LogP contribution is 2.13. The van der Waals surface area contributed by atoms with Crippen LogP contribution in [0.3, 0.4) is 0 Å². The number of rotatable bonds is 4. The Morgan fingerprint density at radius 1 is 1.12 bits per heavy atom. The Morgan fingerprint density at radius 2 is 1.62 bits per heavy atom. The molecule has 1 atom stereocenters. The molecule has 0 fully saturated rings. The fraction of sp³-hybridized carbons (Fsp3) is 0.500. The summed E-state index contributed by atoms with van der Waals surface area (Å²) in [5, 5.41) is 0. The molecule has 0 spiro atoms. The minimum absolute atomic E-state index is 0. The van der Waals surface area contributed by atoms with Crippen LogP contribution in [0, 0.1) is 0 Å². The van der Waals surface area contributed by atoms with Crippen molar-refractivity contribution in [1.82, 2.24) is 0 Å². The van der Waals surface area contributed by atoms with Gasteiger partial charge in [0.05, 0.1) is 0 Å². The fourth-order valence-corrected chi connectivity index (χ4v) is 1.38. The zero-order valence-corrected chi connectivity index (χ0v) is 11.8. The standard InChI is InChI=1S/C12H20N2.2ClH/c1-4-11(13)9-10-5-7-12(8-6-10)14(2)3;;/h5-8,11H,4,9,13H2,1-3H3;2*1H. The maximum Gasteiger partial charge on any atom is 0.0361 e. The Morgan fingerprint density at radius 3 is 2.00 bits per heavy atom. The first-order chi connectivity index (χ1) is 6.63. The van der Waals surface area contributed by atoms with Gasteiger partial charge in [0.2, 0.25) is 0 Å². The van der Waals surface area contributed by atoms with Crippen LogP contribution in [0.25, 0.3) is 0 Å². The van der Waals surface area contributed by atoms with E-state index >= 15 is 0 Å². The van der Waals surface area contributed by atoms with Gasteiger partial charge in [0.25, 0.3) is 0 Å². The van der Waals surface area contributed by atoms with Crippen LogP contribution in [0.1, 0.15) is 18.9 Å². The largest absolute Gasteiger partial charge is 0.378 e. The first-order valence-corrected chi connectivity index (χ1v) is 5.15. The van der Waals surface area contributed by atoms with Crippen molar-refractivity contribution >= 4 is 30.5 Å². The lowest BCUT2D eigenvalue weighted by Crippen LogP contribution is -2.21. The van der Waals surface area contributed by atoms with E-state index in [1.165, 1.54) is 11.3 Å². The predicted molar refractivity (Wildman–Crippen MR) is 77.2 cm³/mol. The monoisotopic (exact) mass is 264 g/mol. The molecule has 0 aliphatic heterocycles. The second kappa shape index (κ2) is 8.68. The van der Waals surface area contributed by atoms with Gasteiger partial charge in [-0.2, -0.15) is 0 Å². The summed E-state index contributed by atoms with van der Waals surface area (Å²) in [4.78, 5) is 2.10. The Balaban J connectivity index is 0. The molecule has 0 aromatic heterocycles. The van der Waals surface area contributed by atoms with Gasteiger partial charge >= 0.3 is 0 Å². The van der Waals surface area contributed by atoms with E-state index in [2.05, 4.69) is 36.1 Å². The average Bonchev–Trinajstić information content (AvgIpc) is 2.18. The summed E-state index contributed by atoms with van der Waals surface area (Å²) >= 11 is 0. The number of nitrogens with zero attached hydrogens (tertiary/aromatic N) is 1. The third-order valence-electron chi connectivity index (χ3n) is 2.48. The van der Waals surface area contributed by atoms with Crippen LogP contribution in [0.15, 0.2) is 24.3 Å². The van der Waals surface area contributed by atoms with E-state index in [0.29, 0.717) is 6.04 Å². The summed E-state index contributed by atoms with van der Waals surface area (Å²) in [6.07, 6.45) is 2.01. The third kappa shape index (κ3) is 5.59. The summed E-state index contributed by atoms with van der Waals surface area (Å²) in [5.74, 6) is 0. The van der Waals surface area contributed by atoms with Crippen LogP contribution < -0.4 is 10.6 Å². The lowest BCUT2D eigenvalue weighted by molar-refractivity contribution is 0.646. The van der Waals surface area contributed by atoms with Crippen molar-refractivity contribution in [2.45, 2.75) is 25.8 Å². The van der Waals surface area contributed by atoms with Crippen LogP contribution >= 0.6 is 24.8 Å². The minimum atomic E-state index is 0. The van der Waals surface area contributed by atoms with E-state index in [9.17, 15) is 0 Å². The van der Waals surface area contributed by atoms with Gasteiger partial charge in [-0.1, -0.05) is 19.1 Å². The predicted octanol–water partition coefficient (Wildman–Crippen LogP) is 2.88. The lowest BCUT2D eigenvalue weighted by atomic mass is 10.0. The van der Waals surface area contributed by atoms with Gasteiger partial charge in [0.1, 0.15) is 0 Å². The number of halogens is 2. The molecular weight excluding hydrogens is 243 g/mol. The molecule has 1 aromatic rings. The summed E-state index contributed by atoms with van der Waals surface area (Å²) < 4.78 is 0. The van der Waals surface area contributed by atoms with Crippen LogP contribution in [0.2, 0.25) is 0 Å². The summed E-state index contributed by atoms with van der Waals surface area (Å²) in [6, 6.07) is 8.88. The van der Waals surface area contributed by atoms with Gasteiger partial charge in [-0.15, -0.1) is 24.8 Å². The molecule has 0 heterocycles. The van der Waals surface area contributed by atoms with Gasteiger partial charge in [-0.25, -0.2) is 0 Å². The van der Waals surface area contributed by atoms with Crippen molar-refractivity contribution in [3.63, 3.8) is 0 Å². The number of anilines is 1. The van der Waals surface area contributed by atoms with Gasteiger partial charge in [-0.05, 0) is 30.5 Å². The van der Waals surface area contributed by atoms with Gasteiger partial charge in [-0.3, -0.25) is 0 Å². The molecule has 1 aromatic carbocycles. The summed E-state index contributed by atoms with van der Waals surface area (Å²) in [7, 11) is 4.10. The Labute approximate surface area is 111 Å². The number of hydrogen-bond acceptors (Lipinski definition) is 2. The second-order valence-electron chi connectivity index (χ2n) is 3.93. The van der Waals surface area contributed by atoms with Gasteiger partial charge in [0.15, 0.2) is 0 Å². The topological polar surface area (TPSA) is 29.3 Å². The van der Waals surface area contributed by atoms with Crippen molar-refractivity contribution in [3.05, 3.63) is 29.8 Å². The molecule has 1 unspecified atom stereocenters. The van der Waals surface area contributed by atoms with Gasteiger partial charge in [0, 0.05) is 25.8 Å². The minimum Gasteiger partial charge on any atom is -0.378 e. The zero-order valence-electron chi connectivity index (χ0n) is 10.1. The Kier molecular flexibility index (Phi) is 9.73. The van der Waals surface area contributed by atoms with Crippen LogP contribution in [0.4, 0.5) is 5.69 Å². The summed E-state index contributed by atoms with van der Waals surface area (Å²) in [6.45, 7) is 2.12. The quantitative estimate of drug-likeness (QED) is 0.907. The molecule has 0 bridgehead atoms. The molecule has 0 amide bonds. The molecule has 1 rings (SSSR count). The van der Waals surface area contributed by atoms with Crippen molar-refractivity contribution in [3.8, 4) is 0 Å². The van der Waals surface area contributed by atoms with Crippen LogP contribution in [-0.4, -0.2) is 20.1 Å². The van der Waals surface area contributed by atoms with Crippen molar-refractivity contribution < 1.29 is 0 Å². The van der Waals surface area contributed by atoms with Crippen LogP contribution in [-0.2, 0) is 6.42 Å². The zero-order chi connectivity index (χ0) is 10.6. The smallest absolute Gasteiger partial charge is 0.0361 e. The van der Waals surface area contributed by atoms with Crippen LogP contribution in [0.5, 0.6) is 0 Å². The Hall–Kier alpha value is -0.440. The molecule has 0 aliphatic rings. The maximum atomic E-state index is 5.89. The molecule has 16 heavy (non-hydrogen) atoms. The molecule has 0 aliphatic carbocycles. The maximum absolute atomic E-state index is 5.89. The second-order valence-corrected chi connectivity index (χ2v) is 3.93. The number of hydrogen-bond donors (Lipinski definition) is 1. The third-order valence-corrected chi connectivity index (χ3v) is 2.48. The van der Waals surface area contributed by atoms with E-state index in [0.717, 1.165) is 12.8 Å². The van der Waals surface area contributed by atoms with E-state index < -0.39 is 0 Å². The number of benzene rings is 1. The molecule has 94 valence electrons. The molecule has 2 nitrogen and oxygen atoms in total. The molecule has 2 N–H and O–H groups in total. The normalized spacial score (nSPS) is 11.0. The first-order valence-electron chi connectivity index (χ1n) is 5.15. The SMILES string of the molecule is CCC(N)Cc1ccc(N(C)C)cc1.Cl.Cl. The highest BCUT2D eigenvalue weighted by Gasteiger charge is 2.01. The van der Waals surface area contributed by atoms with Crippen molar-refractivity contribution in [2.75, 3.05) is 19.0 Å². The van der Waals surface area contributed by atoms with Crippen molar-refractivity contribution in [1.29, 1.82) is 0 Å². The molecule has 0 saturated heterocycles. The van der Waals surface area contributed by atoms with E-state index in [1.807, 2.05) is 14.1 Å².